The van der Waals surface area contributed by atoms with Crippen molar-refractivity contribution in [3.8, 4) is 5.75 Å². The number of carbonyl (C=O) groups excluding carboxylic acids is 2. The Kier molecular flexibility index (Phi) is 2.84. The first kappa shape index (κ1) is 11.8. The number of nitro groups is 1. The quantitative estimate of drug-likeness (QED) is 0.471. The first-order valence-electron chi connectivity index (χ1n) is 4.86. The minimum absolute atomic E-state index is 0.147. The van der Waals surface area contributed by atoms with Gasteiger partial charge in [0.1, 0.15) is 5.56 Å². The van der Waals surface area contributed by atoms with E-state index < -0.39 is 22.5 Å². The molecule has 1 N–H and O–H groups in total. The van der Waals surface area contributed by atoms with Gasteiger partial charge < -0.3 is 14.8 Å². The summed E-state index contributed by atoms with van der Waals surface area (Å²) in [7, 11) is 1.11. The van der Waals surface area contributed by atoms with Gasteiger partial charge in [-0.25, -0.2) is 4.79 Å². The molecule has 2 rings (SSSR count). The number of hydrogen-bond donors (Lipinski definition) is 1. The molecule has 1 amide bonds. The van der Waals surface area contributed by atoms with E-state index in [4.69, 9.17) is 4.74 Å². The fourth-order valence-corrected chi connectivity index (χ4v) is 1.54. The SMILES string of the molecule is COC(=O)c1cc2c(cc1[N+](=O)[O-])OCC(=O)N2. The lowest BCUT2D eigenvalue weighted by Crippen LogP contribution is -2.25. The molecule has 0 saturated carbocycles. The number of nitrogens with zero attached hydrogens (tertiary/aromatic N) is 1. The second kappa shape index (κ2) is 4.32. The average Bonchev–Trinajstić information content (AvgIpc) is 2.35. The Morgan fingerprint density at radius 2 is 2.28 bits per heavy atom. The predicted octanol–water partition coefficient (Wildman–Crippen LogP) is 0.712. The molecular weight excluding hydrogens is 244 g/mol. The van der Waals surface area contributed by atoms with E-state index in [0.29, 0.717) is 0 Å². The molecule has 1 aromatic rings. The van der Waals surface area contributed by atoms with Crippen LogP contribution in [-0.4, -0.2) is 30.5 Å². The summed E-state index contributed by atoms with van der Waals surface area (Å²) in [4.78, 5) is 32.7. The molecule has 1 aliphatic rings. The monoisotopic (exact) mass is 252 g/mol. The fraction of sp³-hybridized carbons (Fsp3) is 0.200. The standard InChI is InChI=1S/C10H8N2O6/c1-17-10(14)5-2-6-8(3-7(5)12(15)16)18-4-9(13)11-6/h2-3H,4H2,1H3,(H,11,13). The predicted molar refractivity (Wildman–Crippen MR) is 58.6 cm³/mol. The number of amides is 1. The normalized spacial score (nSPS) is 13.1. The van der Waals surface area contributed by atoms with Crippen molar-refractivity contribution in [3.05, 3.63) is 27.8 Å². The van der Waals surface area contributed by atoms with Crippen LogP contribution in [0.25, 0.3) is 0 Å². The van der Waals surface area contributed by atoms with Gasteiger partial charge in [-0.1, -0.05) is 0 Å². The molecule has 0 aliphatic carbocycles. The maximum Gasteiger partial charge on any atom is 0.344 e. The lowest BCUT2D eigenvalue weighted by Gasteiger charge is -2.18. The lowest BCUT2D eigenvalue weighted by molar-refractivity contribution is -0.385. The molecule has 0 atom stereocenters. The van der Waals surface area contributed by atoms with Crippen LogP contribution in [-0.2, 0) is 9.53 Å². The van der Waals surface area contributed by atoms with Crippen LogP contribution in [0.1, 0.15) is 10.4 Å². The number of rotatable bonds is 2. The van der Waals surface area contributed by atoms with Crippen molar-refractivity contribution in [2.75, 3.05) is 19.0 Å². The van der Waals surface area contributed by atoms with Gasteiger partial charge in [-0.2, -0.15) is 0 Å². The van der Waals surface area contributed by atoms with Crippen molar-refractivity contribution in [2.45, 2.75) is 0 Å². The van der Waals surface area contributed by atoms with Crippen molar-refractivity contribution in [1.29, 1.82) is 0 Å². The van der Waals surface area contributed by atoms with Crippen LogP contribution >= 0.6 is 0 Å². The number of methoxy groups -OCH3 is 1. The van der Waals surface area contributed by atoms with Crippen LogP contribution in [0.3, 0.4) is 0 Å². The van der Waals surface area contributed by atoms with E-state index in [1.54, 1.807) is 0 Å². The third kappa shape index (κ3) is 1.95. The summed E-state index contributed by atoms with van der Waals surface area (Å²) in [5.74, 6) is -1.11. The van der Waals surface area contributed by atoms with Gasteiger partial charge in [-0.15, -0.1) is 0 Å². The van der Waals surface area contributed by atoms with Gasteiger partial charge in [0.05, 0.1) is 23.8 Å². The van der Waals surface area contributed by atoms with Crippen molar-refractivity contribution < 1.29 is 24.0 Å². The van der Waals surface area contributed by atoms with Crippen LogP contribution in [0.4, 0.5) is 11.4 Å². The molecule has 0 saturated heterocycles. The lowest BCUT2D eigenvalue weighted by atomic mass is 10.1. The average molecular weight is 252 g/mol. The Bertz CT molecular complexity index is 554. The second-order valence-electron chi connectivity index (χ2n) is 3.45. The summed E-state index contributed by atoms with van der Waals surface area (Å²) in [6.07, 6.45) is 0. The molecule has 8 heteroatoms. The zero-order valence-electron chi connectivity index (χ0n) is 9.26. The van der Waals surface area contributed by atoms with Gasteiger partial charge in [0, 0.05) is 0 Å². The minimum atomic E-state index is -0.857. The highest BCUT2D eigenvalue weighted by atomic mass is 16.6. The van der Waals surface area contributed by atoms with E-state index in [1.165, 1.54) is 0 Å². The first-order chi connectivity index (χ1) is 8.52. The Labute approximate surface area is 101 Å². The van der Waals surface area contributed by atoms with E-state index in [9.17, 15) is 19.7 Å². The van der Waals surface area contributed by atoms with Crippen molar-refractivity contribution in [1.82, 2.24) is 0 Å². The van der Waals surface area contributed by atoms with Gasteiger partial charge in [-0.3, -0.25) is 14.9 Å². The molecular formula is C10H8N2O6. The van der Waals surface area contributed by atoms with Crippen molar-refractivity contribution in [3.63, 3.8) is 0 Å². The Morgan fingerprint density at radius 1 is 1.56 bits per heavy atom. The number of anilines is 1. The molecule has 1 heterocycles. The highest BCUT2D eigenvalue weighted by Gasteiger charge is 2.27. The zero-order valence-corrected chi connectivity index (χ0v) is 9.26. The van der Waals surface area contributed by atoms with Gasteiger partial charge in [0.2, 0.25) is 0 Å². The molecule has 18 heavy (non-hydrogen) atoms. The molecule has 8 nitrogen and oxygen atoms in total. The van der Waals surface area contributed by atoms with E-state index >= 15 is 0 Å². The zero-order chi connectivity index (χ0) is 13.3. The van der Waals surface area contributed by atoms with Gasteiger partial charge >= 0.3 is 5.97 Å². The van der Waals surface area contributed by atoms with Crippen molar-refractivity contribution in [2.24, 2.45) is 0 Å². The van der Waals surface area contributed by atoms with E-state index in [1.807, 2.05) is 0 Å². The summed E-state index contributed by atoms with van der Waals surface area (Å²) in [6.45, 7) is -0.221. The molecule has 0 radical (unpaired) electrons. The number of nitrogens with one attached hydrogen (secondary N) is 1. The molecule has 94 valence electrons. The number of carbonyl (C=O) groups is 2. The van der Waals surface area contributed by atoms with Crippen LogP contribution in [0.2, 0.25) is 0 Å². The summed E-state index contributed by atoms with van der Waals surface area (Å²) >= 11 is 0. The highest BCUT2D eigenvalue weighted by Crippen LogP contribution is 2.35. The molecule has 1 aliphatic heterocycles. The topological polar surface area (TPSA) is 108 Å². The molecule has 0 fully saturated rings. The summed E-state index contributed by atoms with van der Waals surface area (Å²) in [6, 6.07) is 2.25. The van der Waals surface area contributed by atoms with Crippen LogP contribution in [0.15, 0.2) is 12.1 Å². The van der Waals surface area contributed by atoms with Crippen LogP contribution in [0.5, 0.6) is 5.75 Å². The molecule has 1 aromatic carbocycles. The molecule has 0 unspecified atom stereocenters. The highest BCUT2D eigenvalue weighted by molar-refractivity contribution is 6.00. The molecule has 0 spiro atoms. The maximum absolute atomic E-state index is 11.4. The number of fused-ring (bicyclic) bond motifs is 1. The van der Waals surface area contributed by atoms with Crippen molar-refractivity contribution >= 4 is 23.3 Å². The molecule has 0 bridgehead atoms. The van der Waals surface area contributed by atoms with Crippen LogP contribution < -0.4 is 10.1 Å². The Balaban J connectivity index is 2.57. The number of esters is 1. The largest absolute Gasteiger partial charge is 0.481 e. The number of hydrogen-bond acceptors (Lipinski definition) is 6. The van der Waals surface area contributed by atoms with Crippen LogP contribution in [0, 0.1) is 10.1 Å². The van der Waals surface area contributed by atoms with E-state index in [0.717, 1.165) is 19.2 Å². The number of benzene rings is 1. The maximum atomic E-state index is 11.4. The smallest absolute Gasteiger partial charge is 0.344 e. The summed E-state index contributed by atoms with van der Waals surface area (Å²) in [5, 5.41) is 13.3. The van der Waals surface area contributed by atoms with Gasteiger partial charge in [0.15, 0.2) is 12.4 Å². The summed E-state index contributed by atoms with van der Waals surface area (Å²) < 4.78 is 9.47. The van der Waals surface area contributed by atoms with E-state index in [-0.39, 0.29) is 23.6 Å². The fourth-order valence-electron chi connectivity index (χ4n) is 1.54. The Hall–Kier alpha value is -2.64. The first-order valence-corrected chi connectivity index (χ1v) is 4.86. The minimum Gasteiger partial charge on any atom is -0.481 e. The third-order valence-corrected chi connectivity index (χ3v) is 2.33. The summed E-state index contributed by atoms with van der Waals surface area (Å²) in [5.41, 5.74) is -0.471. The second-order valence-corrected chi connectivity index (χ2v) is 3.45. The number of ether oxygens (including phenoxy) is 2. The Morgan fingerprint density at radius 3 is 2.89 bits per heavy atom. The number of nitro benzene ring substituents is 1. The molecule has 0 aromatic heterocycles. The third-order valence-electron chi connectivity index (χ3n) is 2.33. The van der Waals surface area contributed by atoms with Gasteiger partial charge in [0.25, 0.3) is 11.6 Å². The van der Waals surface area contributed by atoms with Gasteiger partial charge in [-0.05, 0) is 6.07 Å². The van der Waals surface area contributed by atoms with E-state index in [2.05, 4.69) is 10.1 Å².